The number of nitrogens with two attached hydrogens (primary N) is 1. The van der Waals surface area contributed by atoms with E-state index >= 15 is 0 Å². The summed E-state index contributed by atoms with van der Waals surface area (Å²) in [6.45, 7) is 0.538. The van der Waals surface area contributed by atoms with Gasteiger partial charge in [-0.25, -0.2) is 9.37 Å². The zero-order valence-electron chi connectivity index (χ0n) is 15.6. The van der Waals surface area contributed by atoms with E-state index in [9.17, 15) is 19.3 Å². The number of carbonyl (C=O) groups is 1. The van der Waals surface area contributed by atoms with Gasteiger partial charge < -0.3 is 10.6 Å². The molecule has 0 fully saturated rings. The molecule has 9 nitrogen and oxygen atoms in total. The van der Waals surface area contributed by atoms with Crippen molar-refractivity contribution in [1.82, 2.24) is 15.2 Å². The highest BCUT2D eigenvalue weighted by atomic mass is 19.1. The van der Waals surface area contributed by atoms with Crippen LogP contribution in [0.5, 0.6) is 0 Å². The second-order valence-electron chi connectivity index (χ2n) is 6.50. The van der Waals surface area contributed by atoms with E-state index < -0.39 is 10.8 Å². The molecule has 10 heteroatoms. The Bertz CT molecular complexity index is 1030. The molecule has 0 saturated heterocycles. The first-order valence-electron chi connectivity index (χ1n) is 8.80. The Morgan fingerprint density at radius 3 is 2.69 bits per heavy atom. The van der Waals surface area contributed by atoms with Crippen LogP contribution in [0.4, 0.5) is 15.9 Å². The standard InChI is InChI=1S/C19H19FN6O3/c1-25(19-16(18(21)27)10-15(11-22-19)26(28)29)8-2-3-14-9-17(24-23-14)12-4-6-13(20)7-5-12/h4-7,9-11H,2-3,8H2,1H3,(H2,21,27)(H,23,24). The second-order valence-corrected chi connectivity index (χ2v) is 6.50. The van der Waals surface area contributed by atoms with Crippen molar-refractivity contribution in [2.24, 2.45) is 5.73 Å². The van der Waals surface area contributed by atoms with E-state index in [-0.39, 0.29) is 17.1 Å². The molecule has 2 heterocycles. The summed E-state index contributed by atoms with van der Waals surface area (Å²) in [5.41, 5.74) is 7.50. The summed E-state index contributed by atoms with van der Waals surface area (Å²) < 4.78 is 13.0. The molecule has 0 aliphatic carbocycles. The summed E-state index contributed by atoms with van der Waals surface area (Å²) in [6, 6.07) is 9.11. The van der Waals surface area contributed by atoms with Crippen LogP contribution in [-0.4, -0.2) is 39.6 Å². The van der Waals surface area contributed by atoms with Gasteiger partial charge in [-0.05, 0) is 43.2 Å². The lowest BCUT2D eigenvalue weighted by molar-refractivity contribution is -0.385. The van der Waals surface area contributed by atoms with Crippen molar-refractivity contribution in [2.45, 2.75) is 12.8 Å². The van der Waals surface area contributed by atoms with Crippen LogP contribution < -0.4 is 10.6 Å². The molecular formula is C19H19FN6O3. The van der Waals surface area contributed by atoms with E-state index in [0.717, 1.165) is 29.2 Å². The maximum atomic E-state index is 13.0. The molecule has 0 spiro atoms. The van der Waals surface area contributed by atoms with Crippen molar-refractivity contribution in [1.29, 1.82) is 0 Å². The van der Waals surface area contributed by atoms with Crippen molar-refractivity contribution in [2.75, 3.05) is 18.5 Å². The molecule has 0 aliphatic heterocycles. The first-order chi connectivity index (χ1) is 13.8. The summed E-state index contributed by atoms with van der Waals surface area (Å²) in [7, 11) is 1.73. The van der Waals surface area contributed by atoms with Crippen LogP contribution >= 0.6 is 0 Å². The lowest BCUT2D eigenvalue weighted by atomic mass is 10.1. The van der Waals surface area contributed by atoms with E-state index in [4.69, 9.17) is 5.73 Å². The van der Waals surface area contributed by atoms with Gasteiger partial charge in [-0.15, -0.1) is 0 Å². The first kappa shape index (κ1) is 19.9. The monoisotopic (exact) mass is 398 g/mol. The van der Waals surface area contributed by atoms with Gasteiger partial charge in [0.15, 0.2) is 0 Å². The zero-order chi connectivity index (χ0) is 21.0. The number of nitrogens with zero attached hydrogens (tertiary/aromatic N) is 4. The number of pyridine rings is 1. The van der Waals surface area contributed by atoms with E-state index in [1.54, 1.807) is 24.1 Å². The van der Waals surface area contributed by atoms with Crippen LogP contribution in [0.1, 0.15) is 22.5 Å². The van der Waals surface area contributed by atoms with Crippen LogP contribution in [0.2, 0.25) is 0 Å². The third-order valence-corrected chi connectivity index (χ3v) is 4.40. The van der Waals surface area contributed by atoms with Gasteiger partial charge in [0, 0.05) is 30.9 Å². The molecule has 29 heavy (non-hydrogen) atoms. The topological polar surface area (TPSA) is 131 Å². The van der Waals surface area contributed by atoms with Crippen LogP contribution in [0.25, 0.3) is 11.3 Å². The summed E-state index contributed by atoms with van der Waals surface area (Å²) in [5, 5.41) is 18.1. The van der Waals surface area contributed by atoms with Gasteiger partial charge in [-0.2, -0.15) is 5.10 Å². The molecule has 3 aromatic rings. The van der Waals surface area contributed by atoms with E-state index in [0.29, 0.717) is 25.2 Å². The van der Waals surface area contributed by atoms with Crippen LogP contribution in [0, 0.1) is 15.9 Å². The van der Waals surface area contributed by atoms with Crippen molar-refractivity contribution < 1.29 is 14.1 Å². The van der Waals surface area contributed by atoms with Gasteiger partial charge in [-0.1, -0.05) is 0 Å². The van der Waals surface area contributed by atoms with Gasteiger partial charge in [0.2, 0.25) is 0 Å². The number of H-pyrrole nitrogens is 1. The number of hydrogen-bond donors (Lipinski definition) is 2. The Morgan fingerprint density at radius 2 is 2.03 bits per heavy atom. The zero-order valence-corrected chi connectivity index (χ0v) is 15.6. The number of anilines is 1. The van der Waals surface area contributed by atoms with Gasteiger partial charge in [0.1, 0.15) is 17.8 Å². The van der Waals surface area contributed by atoms with E-state index in [2.05, 4.69) is 15.2 Å². The third-order valence-electron chi connectivity index (χ3n) is 4.40. The van der Waals surface area contributed by atoms with Gasteiger partial charge in [0.05, 0.1) is 16.2 Å². The fourth-order valence-electron chi connectivity index (χ4n) is 2.90. The number of aryl methyl sites for hydroxylation is 1. The van der Waals surface area contributed by atoms with E-state index in [1.165, 1.54) is 12.1 Å². The minimum Gasteiger partial charge on any atom is -0.365 e. The fourth-order valence-corrected chi connectivity index (χ4v) is 2.90. The van der Waals surface area contributed by atoms with Crippen molar-refractivity contribution in [3.05, 3.63) is 69.8 Å². The molecule has 0 saturated carbocycles. The molecule has 0 atom stereocenters. The number of benzene rings is 1. The largest absolute Gasteiger partial charge is 0.365 e. The molecule has 0 unspecified atom stereocenters. The quantitative estimate of drug-likeness (QED) is 0.443. The number of aromatic nitrogens is 3. The highest BCUT2D eigenvalue weighted by molar-refractivity contribution is 5.98. The number of nitro groups is 1. The average molecular weight is 398 g/mol. The Morgan fingerprint density at radius 1 is 1.31 bits per heavy atom. The van der Waals surface area contributed by atoms with Crippen molar-refractivity contribution in [3.63, 3.8) is 0 Å². The predicted molar refractivity (Wildman–Crippen MR) is 105 cm³/mol. The van der Waals surface area contributed by atoms with Gasteiger partial charge >= 0.3 is 0 Å². The number of amides is 1. The normalized spacial score (nSPS) is 10.7. The van der Waals surface area contributed by atoms with Gasteiger partial charge in [-0.3, -0.25) is 20.0 Å². The molecule has 1 aromatic carbocycles. The smallest absolute Gasteiger partial charge is 0.288 e. The molecule has 2 aromatic heterocycles. The SMILES string of the molecule is CN(CCCc1cc(-c2ccc(F)cc2)n[nH]1)c1ncc([N+](=O)[O-])cc1C(N)=O. The van der Waals surface area contributed by atoms with Crippen LogP contribution in [0.15, 0.2) is 42.6 Å². The molecular weight excluding hydrogens is 379 g/mol. The van der Waals surface area contributed by atoms with Crippen molar-refractivity contribution in [3.8, 4) is 11.3 Å². The van der Waals surface area contributed by atoms with Crippen LogP contribution in [0.3, 0.4) is 0 Å². The maximum absolute atomic E-state index is 13.0. The lowest BCUT2D eigenvalue weighted by Gasteiger charge is -2.19. The molecule has 3 N–H and O–H groups in total. The second kappa shape index (κ2) is 8.46. The average Bonchev–Trinajstić information content (AvgIpc) is 3.16. The van der Waals surface area contributed by atoms with Crippen LogP contribution in [-0.2, 0) is 6.42 Å². The number of halogens is 1. The minimum atomic E-state index is -0.777. The van der Waals surface area contributed by atoms with E-state index in [1.807, 2.05) is 6.07 Å². The number of primary amides is 1. The molecule has 0 aliphatic rings. The predicted octanol–water partition coefficient (Wildman–Crippen LogP) is 2.69. The molecule has 3 rings (SSSR count). The molecule has 0 radical (unpaired) electrons. The highest BCUT2D eigenvalue weighted by Crippen LogP contribution is 2.22. The number of rotatable bonds is 8. The highest BCUT2D eigenvalue weighted by Gasteiger charge is 2.18. The lowest BCUT2D eigenvalue weighted by Crippen LogP contribution is -2.25. The number of aromatic amines is 1. The first-order valence-corrected chi connectivity index (χ1v) is 8.80. The summed E-state index contributed by atoms with van der Waals surface area (Å²) >= 11 is 0. The number of hydrogen-bond acceptors (Lipinski definition) is 6. The number of nitrogens with one attached hydrogen (secondary N) is 1. The third kappa shape index (κ3) is 4.72. The van der Waals surface area contributed by atoms with Crippen molar-refractivity contribution >= 4 is 17.4 Å². The van der Waals surface area contributed by atoms with Gasteiger partial charge in [0.25, 0.3) is 11.6 Å². The minimum absolute atomic E-state index is 0.00170. The summed E-state index contributed by atoms with van der Waals surface area (Å²) in [5.74, 6) is -0.789. The molecule has 0 bridgehead atoms. The Kier molecular flexibility index (Phi) is 5.82. The Labute approximate surface area is 165 Å². The Hall–Kier alpha value is -3.82. The fraction of sp³-hybridized carbons (Fsp3) is 0.211. The number of carbonyl (C=O) groups excluding carboxylic acids is 1. The molecule has 150 valence electrons. The summed E-state index contributed by atoms with van der Waals surface area (Å²) in [6.07, 6.45) is 2.48. The summed E-state index contributed by atoms with van der Waals surface area (Å²) in [4.78, 5) is 27.7. The Balaban J connectivity index is 1.63. The molecule has 1 amide bonds. The maximum Gasteiger partial charge on any atom is 0.288 e.